The molecule has 1 saturated carbocycles. The summed E-state index contributed by atoms with van der Waals surface area (Å²) < 4.78 is 1.47. The molecular weight excluding hydrogens is 253 g/mol. The van der Waals surface area contributed by atoms with Gasteiger partial charge in [-0.25, -0.2) is 0 Å². The number of nitrogens with one attached hydrogen (secondary N) is 1. The molecule has 1 unspecified atom stereocenters. The first-order valence-electron chi connectivity index (χ1n) is 4.95. The second-order valence-electron chi connectivity index (χ2n) is 3.99. The van der Waals surface area contributed by atoms with Gasteiger partial charge >= 0.3 is 0 Å². The van der Waals surface area contributed by atoms with Gasteiger partial charge in [-0.1, -0.05) is 23.2 Å². The summed E-state index contributed by atoms with van der Waals surface area (Å²) in [7, 11) is 0. The van der Waals surface area contributed by atoms with E-state index < -0.39 is 0 Å². The molecule has 0 radical (unpaired) electrons. The zero-order valence-corrected chi connectivity index (χ0v) is 10.7. The van der Waals surface area contributed by atoms with Crippen LogP contribution in [0.2, 0.25) is 8.67 Å². The Morgan fingerprint density at radius 1 is 1.53 bits per heavy atom. The highest BCUT2D eigenvalue weighted by Crippen LogP contribution is 2.35. The molecular formula is C10H13Cl2NOS. The molecule has 0 aromatic carbocycles. The highest BCUT2D eigenvalue weighted by Gasteiger charge is 2.28. The topological polar surface area (TPSA) is 32.3 Å². The quantitative estimate of drug-likeness (QED) is 0.880. The molecule has 1 aromatic heterocycles. The zero-order chi connectivity index (χ0) is 11.0. The van der Waals surface area contributed by atoms with Gasteiger partial charge in [-0.2, -0.15) is 0 Å². The van der Waals surface area contributed by atoms with Crippen LogP contribution in [0.1, 0.15) is 31.4 Å². The Hall–Kier alpha value is 0.200. The molecule has 0 spiro atoms. The molecule has 1 atom stereocenters. The van der Waals surface area contributed by atoms with E-state index in [-0.39, 0.29) is 12.1 Å². The minimum absolute atomic E-state index is 0.128. The van der Waals surface area contributed by atoms with Crippen molar-refractivity contribution in [1.29, 1.82) is 0 Å². The summed E-state index contributed by atoms with van der Waals surface area (Å²) in [6.07, 6.45) is 1.54. The van der Waals surface area contributed by atoms with E-state index in [1.807, 2.05) is 6.07 Å². The van der Waals surface area contributed by atoms with Gasteiger partial charge in [0.1, 0.15) is 0 Å². The number of hydrogen-bond donors (Lipinski definition) is 2. The number of aliphatic hydroxyl groups is 1. The third kappa shape index (κ3) is 2.66. The first-order valence-corrected chi connectivity index (χ1v) is 6.52. The minimum Gasteiger partial charge on any atom is -0.393 e. The fourth-order valence-corrected chi connectivity index (χ4v) is 3.46. The molecule has 1 aromatic rings. The molecule has 1 aliphatic rings. The van der Waals surface area contributed by atoms with Crippen molar-refractivity contribution in [3.63, 3.8) is 0 Å². The number of aliphatic hydroxyl groups excluding tert-OH is 1. The van der Waals surface area contributed by atoms with Gasteiger partial charge in [-0.3, -0.25) is 0 Å². The van der Waals surface area contributed by atoms with E-state index in [0.29, 0.717) is 6.04 Å². The van der Waals surface area contributed by atoms with Gasteiger partial charge < -0.3 is 10.4 Å². The normalized spacial score (nSPS) is 27.5. The summed E-state index contributed by atoms with van der Waals surface area (Å²) in [6, 6.07) is 2.50. The maximum atomic E-state index is 9.18. The van der Waals surface area contributed by atoms with Crippen molar-refractivity contribution in [2.75, 3.05) is 0 Å². The van der Waals surface area contributed by atoms with E-state index in [1.54, 1.807) is 0 Å². The fourth-order valence-electron chi connectivity index (χ4n) is 1.82. The van der Waals surface area contributed by atoms with E-state index in [9.17, 15) is 5.11 Å². The third-order valence-electron chi connectivity index (χ3n) is 2.75. The van der Waals surface area contributed by atoms with Crippen molar-refractivity contribution in [3.8, 4) is 0 Å². The van der Waals surface area contributed by atoms with Crippen LogP contribution in [-0.4, -0.2) is 17.3 Å². The highest BCUT2D eigenvalue weighted by molar-refractivity contribution is 7.20. The van der Waals surface area contributed by atoms with Crippen LogP contribution in [-0.2, 0) is 0 Å². The predicted octanol–water partition coefficient (Wildman–Crippen LogP) is 3.23. The average molecular weight is 266 g/mol. The number of hydrogen-bond acceptors (Lipinski definition) is 3. The van der Waals surface area contributed by atoms with Crippen LogP contribution in [0.15, 0.2) is 6.07 Å². The van der Waals surface area contributed by atoms with E-state index in [0.717, 1.165) is 27.1 Å². The Morgan fingerprint density at radius 3 is 2.67 bits per heavy atom. The number of thiophene rings is 1. The molecule has 15 heavy (non-hydrogen) atoms. The van der Waals surface area contributed by atoms with Crippen LogP contribution in [0.3, 0.4) is 0 Å². The lowest BCUT2D eigenvalue weighted by atomic mass is 9.88. The highest BCUT2D eigenvalue weighted by atomic mass is 35.5. The molecule has 2 nitrogen and oxygen atoms in total. The standard InChI is InChI=1S/C10H13Cl2NOS/c1-5(13-6-2-7(14)3-6)8-4-9(11)15-10(8)12/h4-7,13-14H,2-3H2,1H3. The van der Waals surface area contributed by atoms with Crippen LogP contribution in [0.5, 0.6) is 0 Å². The van der Waals surface area contributed by atoms with E-state index in [4.69, 9.17) is 23.2 Å². The number of halogens is 2. The Kier molecular flexibility index (Phi) is 3.58. The van der Waals surface area contributed by atoms with Gasteiger partial charge in [-0.15, -0.1) is 11.3 Å². The smallest absolute Gasteiger partial charge is 0.0991 e. The second kappa shape index (κ2) is 4.60. The monoisotopic (exact) mass is 265 g/mol. The van der Waals surface area contributed by atoms with Gasteiger partial charge in [-0.05, 0) is 31.4 Å². The maximum Gasteiger partial charge on any atom is 0.0991 e. The van der Waals surface area contributed by atoms with Crippen molar-refractivity contribution in [3.05, 3.63) is 20.3 Å². The molecule has 0 bridgehead atoms. The van der Waals surface area contributed by atoms with Crippen LogP contribution >= 0.6 is 34.5 Å². The predicted molar refractivity (Wildman–Crippen MR) is 64.9 cm³/mol. The maximum absolute atomic E-state index is 9.18. The van der Waals surface area contributed by atoms with E-state index >= 15 is 0 Å². The molecule has 5 heteroatoms. The van der Waals surface area contributed by atoms with Gasteiger partial charge in [0.15, 0.2) is 0 Å². The Bertz CT molecular complexity index is 349. The Labute approximate surface area is 103 Å². The van der Waals surface area contributed by atoms with Crippen molar-refractivity contribution in [1.82, 2.24) is 5.32 Å². The SMILES string of the molecule is CC(NC1CC(O)C1)c1cc(Cl)sc1Cl. The summed E-state index contributed by atoms with van der Waals surface area (Å²) in [5.41, 5.74) is 1.05. The lowest BCUT2D eigenvalue weighted by Crippen LogP contribution is -2.44. The van der Waals surface area contributed by atoms with Crippen molar-refractivity contribution in [2.24, 2.45) is 0 Å². The van der Waals surface area contributed by atoms with Crippen LogP contribution in [0, 0.1) is 0 Å². The summed E-state index contributed by atoms with van der Waals surface area (Å²) in [5.74, 6) is 0. The van der Waals surface area contributed by atoms with Crippen LogP contribution in [0.25, 0.3) is 0 Å². The molecule has 0 aliphatic heterocycles. The van der Waals surface area contributed by atoms with Gasteiger partial charge in [0.25, 0.3) is 0 Å². The lowest BCUT2D eigenvalue weighted by Gasteiger charge is -2.34. The van der Waals surface area contributed by atoms with Gasteiger partial charge in [0, 0.05) is 12.1 Å². The molecule has 1 heterocycles. The fraction of sp³-hybridized carbons (Fsp3) is 0.600. The Morgan fingerprint density at radius 2 is 2.20 bits per heavy atom. The van der Waals surface area contributed by atoms with E-state index in [1.165, 1.54) is 11.3 Å². The van der Waals surface area contributed by atoms with Gasteiger partial charge in [0.05, 0.1) is 14.8 Å². The molecule has 1 fully saturated rings. The largest absolute Gasteiger partial charge is 0.393 e. The van der Waals surface area contributed by atoms with Crippen LogP contribution < -0.4 is 5.32 Å². The van der Waals surface area contributed by atoms with Crippen molar-refractivity contribution >= 4 is 34.5 Å². The third-order valence-corrected chi connectivity index (χ3v) is 4.27. The van der Waals surface area contributed by atoms with Crippen molar-refractivity contribution < 1.29 is 5.11 Å². The first kappa shape index (κ1) is 11.7. The van der Waals surface area contributed by atoms with Crippen molar-refractivity contribution in [2.45, 2.75) is 38.0 Å². The summed E-state index contributed by atoms with van der Waals surface area (Å²) >= 11 is 13.3. The lowest BCUT2D eigenvalue weighted by molar-refractivity contribution is 0.0586. The van der Waals surface area contributed by atoms with Gasteiger partial charge in [0.2, 0.25) is 0 Å². The molecule has 1 aliphatic carbocycles. The minimum atomic E-state index is -0.128. The molecule has 84 valence electrons. The molecule has 2 N–H and O–H groups in total. The average Bonchev–Trinajstić information content (AvgIpc) is 2.42. The Balaban J connectivity index is 1.95. The number of rotatable bonds is 3. The molecule has 0 amide bonds. The zero-order valence-electron chi connectivity index (χ0n) is 8.34. The van der Waals surface area contributed by atoms with E-state index in [2.05, 4.69) is 12.2 Å². The molecule has 0 saturated heterocycles. The second-order valence-corrected chi connectivity index (χ2v) is 6.28. The first-order chi connectivity index (χ1) is 7.06. The summed E-state index contributed by atoms with van der Waals surface area (Å²) in [5, 5.41) is 12.6. The molecule has 2 rings (SSSR count). The summed E-state index contributed by atoms with van der Waals surface area (Å²) in [6.45, 7) is 2.06. The summed E-state index contributed by atoms with van der Waals surface area (Å²) in [4.78, 5) is 0. The van der Waals surface area contributed by atoms with Crippen LogP contribution in [0.4, 0.5) is 0 Å².